The van der Waals surface area contributed by atoms with Crippen LogP contribution in [0, 0.1) is 11.8 Å². The highest BCUT2D eigenvalue weighted by molar-refractivity contribution is 6.29. The molecule has 0 aliphatic heterocycles. The smallest absolute Gasteiger partial charge is 0.417 e. The van der Waals surface area contributed by atoms with Gasteiger partial charge in [0.05, 0.1) is 13.7 Å². The molecule has 0 spiro atoms. The first-order valence-electron chi connectivity index (χ1n) is 6.29. The Hall–Kier alpha value is -1.32. The minimum atomic E-state index is -0.950. The summed E-state index contributed by atoms with van der Waals surface area (Å²) in [6.07, 6.45) is 3.97. The molecule has 18 heavy (non-hydrogen) atoms. The molecule has 0 amide bonds. The second-order valence-corrected chi connectivity index (χ2v) is 5.00. The van der Waals surface area contributed by atoms with Crippen LogP contribution in [0.5, 0.6) is 0 Å². The van der Waals surface area contributed by atoms with Crippen LogP contribution < -0.4 is 0 Å². The summed E-state index contributed by atoms with van der Waals surface area (Å²) in [7, 11) is 1.16. The zero-order chi connectivity index (χ0) is 14.1. The molecule has 0 rings (SSSR count). The maximum Gasteiger partial charge on any atom is 0.417 e. The number of carbonyl (C=O) groups excluding carboxylic acids is 2. The number of hydrogen-bond donors (Lipinski definition) is 0. The molecule has 0 bridgehead atoms. The van der Waals surface area contributed by atoms with Gasteiger partial charge in [-0.15, -0.1) is 0 Å². The Morgan fingerprint density at radius 1 is 1.17 bits per heavy atom. The van der Waals surface area contributed by atoms with Crippen molar-refractivity contribution in [2.45, 2.75) is 40.5 Å². The third-order valence-corrected chi connectivity index (χ3v) is 2.46. The number of carbonyl (C=O) groups is 2. The molecule has 4 heteroatoms. The van der Waals surface area contributed by atoms with Crippen LogP contribution in [0.2, 0.25) is 0 Å². The van der Waals surface area contributed by atoms with Gasteiger partial charge in [0.15, 0.2) is 0 Å². The van der Waals surface area contributed by atoms with E-state index in [-0.39, 0.29) is 6.61 Å². The molecule has 0 aromatic rings. The maximum absolute atomic E-state index is 11.0. The number of ether oxygens (including phenoxy) is 2. The fourth-order valence-corrected chi connectivity index (χ4v) is 1.76. The highest BCUT2D eigenvalue weighted by atomic mass is 16.6. The first-order valence-corrected chi connectivity index (χ1v) is 6.29. The Morgan fingerprint density at radius 2 is 1.78 bits per heavy atom. The van der Waals surface area contributed by atoms with Gasteiger partial charge in [-0.3, -0.25) is 0 Å². The lowest BCUT2D eigenvalue weighted by Gasteiger charge is -2.10. The summed E-state index contributed by atoms with van der Waals surface area (Å²) in [6, 6.07) is 0. The zero-order valence-electron chi connectivity index (χ0n) is 12.0. The lowest BCUT2D eigenvalue weighted by molar-refractivity contribution is -0.166. The molecule has 1 unspecified atom stereocenters. The van der Waals surface area contributed by atoms with Crippen molar-refractivity contribution in [2.24, 2.45) is 11.8 Å². The van der Waals surface area contributed by atoms with Gasteiger partial charge in [-0.05, 0) is 31.6 Å². The van der Waals surface area contributed by atoms with Crippen LogP contribution in [-0.2, 0) is 19.1 Å². The normalized spacial score (nSPS) is 13.3. The van der Waals surface area contributed by atoms with Crippen molar-refractivity contribution in [1.82, 2.24) is 0 Å². The van der Waals surface area contributed by atoms with E-state index in [4.69, 9.17) is 4.74 Å². The molecule has 0 aliphatic rings. The van der Waals surface area contributed by atoms with Crippen LogP contribution in [-0.4, -0.2) is 25.7 Å². The van der Waals surface area contributed by atoms with E-state index in [1.54, 1.807) is 0 Å². The van der Waals surface area contributed by atoms with Gasteiger partial charge in [0.2, 0.25) is 0 Å². The Labute approximate surface area is 109 Å². The van der Waals surface area contributed by atoms with E-state index in [1.807, 2.05) is 0 Å². The molecule has 0 aromatic heterocycles. The largest absolute Gasteiger partial charge is 0.461 e. The molecular weight excluding hydrogens is 232 g/mol. The average molecular weight is 256 g/mol. The van der Waals surface area contributed by atoms with Gasteiger partial charge in [-0.1, -0.05) is 32.4 Å². The molecular formula is C14H24O4. The van der Waals surface area contributed by atoms with Gasteiger partial charge in [0.25, 0.3) is 0 Å². The topological polar surface area (TPSA) is 52.6 Å². The third kappa shape index (κ3) is 7.87. The van der Waals surface area contributed by atoms with E-state index in [0.29, 0.717) is 18.3 Å². The molecule has 1 atom stereocenters. The van der Waals surface area contributed by atoms with Crippen molar-refractivity contribution in [3.05, 3.63) is 11.6 Å². The highest BCUT2D eigenvalue weighted by Crippen LogP contribution is 2.14. The highest BCUT2D eigenvalue weighted by Gasteiger charge is 2.15. The molecule has 0 aliphatic carbocycles. The van der Waals surface area contributed by atoms with Crippen molar-refractivity contribution >= 4 is 11.9 Å². The van der Waals surface area contributed by atoms with Crippen molar-refractivity contribution in [1.29, 1.82) is 0 Å². The minimum Gasteiger partial charge on any atom is -0.461 e. The summed E-state index contributed by atoms with van der Waals surface area (Å²) in [5.74, 6) is -0.901. The Morgan fingerprint density at radius 3 is 2.28 bits per heavy atom. The van der Waals surface area contributed by atoms with Crippen molar-refractivity contribution in [3.8, 4) is 0 Å². The molecule has 4 nitrogen and oxygen atoms in total. The lowest BCUT2D eigenvalue weighted by atomic mass is 9.99. The average Bonchev–Trinajstić information content (AvgIpc) is 2.26. The van der Waals surface area contributed by atoms with Crippen LogP contribution in [0.4, 0.5) is 0 Å². The Bertz CT molecular complexity index is 305. The van der Waals surface area contributed by atoms with Crippen LogP contribution in [0.25, 0.3) is 0 Å². The standard InChI is InChI=1S/C14H24O4/c1-10(2)8-12(4)9-11(3)6-7-18-14(16)13(15)17-5/h9-11H,6-8H2,1-5H3. The summed E-state index contributed by atoms with van der Waals surface area (Å²) in [4.78, 5) is 21.8. The molecule has 0 heterocycles. The fraction of sp³-hybridized carbons (Fsp3) is 0.714. The molecule has 0 N–H and O–H groups in total. The summed E-state index contributed by atoms with van der Waals surface area (Å²) in [6.45, 7) is 8.77. The molecule has 0 saturated carbocycles. The second-order valence-electron chi connectivity index (χ2n) is 5.00. The van der Waals surface area contributed by atoms with E-state index in [1.165, 1.54) is 5.57 Å². The maximum atomic E-state index is 11.0. The lowest BCUT2D eigenvalue weighted by Crippen LogP contribution is -2.19. The number of hydrogen-bond acceptors (Lipinski definition) is 4. The number of allylic oxidation sites excluding steroid dienone is 2. The van der Waals surface area contributed by atoms with Crippen molar-refractivity contribution in [3.63, 3.8) is 0 Å². The molecule has 0 saturated heterocycles. The third-order valence-electron chi connectivity index (χ3n) is 2.46. The predicted molar refractivity (Wildman–Crippen MR) is 70.0 cm³/mol. The fourth-order valence-electron chi connectivity index (χ4n) is 1.76. The van der Waals surface area contributed by atoms with E-state index in [2.05, 4.69) is 38.5 Å². The van der Waals surface area contributed by atoms with Crippen molar-refractivity contribution in [2.75, 3.05) is 13.7 Å². The van der Waals surface area contributed by atoms with Gasteiger partial charge < -0.3 is 9.47 Å². The molecule has 104 valence electrons. The number of rotatable bonds is 6. The van der Waals surface area contributed by atoms with E-state index in [9.17, 15) is 9.59 Å². The molecule has 0 fully saturated rings. The minimum absolute atomic E-state index is 0.237. The predicted octanol–water partition coefficient (Wildman–Crippen LogP) is 2.72. The summed E-state index contributed by atoms with van der Waals surface area (Å²) in [5, 5.41) is 0. The summed E-state index contributed by atoms with van der Waals surface area (Å²) in [5.41, 5.74) is 1.34. The monoisotopic (exact) mass is 256 g/mol. The van der Waals surface area contributed by atoms with Crippen LogP contribution in [0.3, 0.4) is 0 Å². The number of methoxy groups -OCH3 is 1. The first-order chi connectivity index (χ1) is 8.36. The molecule has 0 aromatic carbocycles. The van der Waals surface area contributed by atoms with E-state index in [0.717, 1.165) is 13.5 Å². The van der Waals surface area contributed by atoms with Crippen molar-refractivity contribution < 1.29 is 19.1 Å². The summed E-state index contributed by atoms with van der Waals surface area (Å²) < 4.78 is 9.04. The van der Waals surface area contributed by atoms with Crippen LogP contribution in [0.15, 0.2) is 11.6 Å². The summed E-state index contributed by atoms with van der Waals surface area (Å²) >= 11 is 0. The van der Waals surface area contributed by atoms with Crippen LogP contribution in [0.1, 0.15) is 40.5 Å². The second kappa shape index (κ2) is 8.72. The van der Waals surface area contributed by atoms with Gasteiger partial charge in [0, 0.05) is 0 Å². The van der Waals surface area contributed by atoms with Gasteiger partial charge in [-0.2, -0.15) is 0 Å². The van der Waals surface area contributed by atoms with Gasteiger partial charge >= 0.3 is 11.9 Å². The van der Waals surface area contributed by atoms with E-state index < -0.39 is 11.9 Å². The zero-order valence-corrected chi connectivity index (χ0v) is 12.0. The number of esters is 2. The SMILES string of the molecule is COC(=O)C(=O)OCCC(C)C=C(C)CC(C)C. The first kappa shape index (κ1) is 16.7. The van der Waals surface area contributed by atoms with Gasteiger partial charge in [-0.25, -0.2) is 9.59 Å². The van der Waals surface area contributed by atoms with Gasteiger partial charge in [0.1, 0.15) is 0 Å². The Kier molecular flexibility index (Phi) is 8.08. The van der Waals surface area contributed by atoms with Crippen LogP contribution >= 0.6 is 0 Å². The quantitative estimate of drug-likeness (QED) is 0.416. The molecule has 0 radical (unpaired) electrons. The van der Waals surface area contributed by atoms with E-state index >= 15 is 0 Å². The Balaban J connectivity index is 3.93.